The first-order chi connectivity index (χ1) is 13.5. The van der Waals surface area contributed by atoms with Gasteiger partial charge in [-0.25, -0.2) is 18.6 Å². The van der Waals surface area contributed by atoms with Gasteiger partial charge in [0, 0.05) is 41.3 Å². The minimum absolute atomic E-state index is 0.0264. The number of carbonyl (C=O) groups is 1. The Morgan fingerprint density at radius 1 is 1.36 bits per heavy atom. The largest absolute Gasteiger partial charge is 0.450 e. The molecule has 4 rings (SSSR count). The molecular weight excluding hydrogens is 438 g/mol. The molecule has 1 atom stereocenters. The number of urea groups is 1. The molecule has 3 heterocycles. The lowest BCUT2D eigenvalue weighted by atomic mass is 10.2. The number of aromatic nitrogens is 2. The molecule has 3 N–H and O–H groups in total. The molecule has 2 amide bonds. The summed E-state index contributed by atoms with van der Waals surface area (Å²) in [7, 11) is 0. The normalized spacial score (nSPS) is 16.3. The molecule has 0 bridgehead atoms. The summed E-state index contributed by atoms with van der Waals surface area (Å²) >= 11 is 3.34. The third kappa shape index (κ3) is 3.78. The van der Waals surface area contributed by atoms with E-state index >= 15 is 0 Å². The number of nitrogens with zero attached hydrogens (tertiary/aromatic N) is 1. The highest BCUT2D eigenvalue weighted by molar-refractivity contribution is 9.10. The average Bonchev–Trinajstić information content (AvgIpc) is 3.28. The molecule has 1 aliphatic rings. The molecule has 1 fully saturated rings. The van der Waals surface area contributed by atoms with Crippen LogP contribution in [0.4, 0.5) is 19.3 Å². The fraction of sp³-hybridized carbons (Fsp3) is 0.222. The van der Waals surface area contributed by atoms with Crippen LogP contribution >= 0.6 is 15.9 Å². The number of benzene rings is 1. The molecule has 0 saturated carbocycles. The Morgan fingerprint density at radius 3 is 2.86 bits per heavy atom. The molecular formula is C18H15BrF2N4O3. The number of ether oxygens (including phenoxy) is 2. The van der Waals surface area contributed by atoms with Gasteiger partial charge < -0.3 is 25.1 Å². The Hall–Kier alpha value is -2.72. The SMILES string of the molecule is O=C(Nc1cc(F)c(Oc2ccnc3[nH]cc(Br)c23)c(F)c1)NC1CCOC1. The number of amides is 2. The summed E-state index contributed by atoms with van der Waals surface area (Å²) in [4.78, 5) is 19.0. The van der Waals surface area contributed by atoms with E-state index in [0.717, 1.165) is 12.1 Å². The second kappa shape index (κ2) is 7.72. The van der Waals surface area contributed by atoms with E-state index in [1.54, 1.807) is 6.20 Å². The van der Waals surface area contributed by atoms with Gasteiger partial charge in [0.25, 0.3) is 0 Å². The smallest absolute Gasteiger partial charge is 0.319 e. The maximum atomic E-state index is 14.5. The third-order valence-electron chi connectivity index (χ3n) is 4.22. The Balaban J connectivity index is 1.54. The molecule has 0 aliphatic carbocycles. The van der Waals surface area contributed by atoms with Gasteiger partial charge in [0.2, 0.25) is 0 Å². The van der Waals surface area contributed by atoms with E-state index in [2.05, 4.69) is 36.5 Å². The summed E-state index contributed by atoms with van der Waals surface area (Å²) in [6.45, 7) is 0.984. The molecule has 1 saturated heterocycles. The lowest BCUT2D eigenvalue weighted by Gasteiger charge is -2.14. The number of anilines is 1. The summed E-state index contributed by atoms with van der Waals surface area (Å²) in [5, 5.41) is 5.65. The molecule has 0 radical (unpaired) electrons. The topological polar surface area (TPSA) is 88.3 Å². The highest BCUT2D eigenvalue weighted by Gasteiger charge is 2.20. The zero-order valence-corrected chi connectivity index (χ0v) is 16.0. The molecule has 0 spiro atoms. The molecule has 2 aromatic heterocycles. The molecule has 1 aliphatic heterocycles. The van der Waals surface area contributed by atoms with Crippen molar-refractivity contribution in [2.24, 2.45) is 0 Å². The molecule has 28 heavy (non-hydrogen) atoms. The monoisotopic (exact) mass is 452 g/mol. The van der Waals surface area contributed by atoms with Gasteiger partial charge >= 0.3 is 6.03 Å². The third-order valence-corrected chi connectivity index (χ3v) is 4.85. The van der Waals surface area contributed by atoms with Crippen molar-refractivity contribution in [1.29, 1.82) is 0 Å². The number of H-pyrrole nitrogens is 1. The first-order valence-corrected chi connectivity index (χ1v) is 9.24. The van der Waals surface area contributed by atoms with E-state index in [4.69, 9.17) is 9.47 Å². The molecule has 10 heteroatoms. The van der Waals surface area contributed by atoms with Gasteiger partial charge in [0.05, 0.1) is 18.0 Å². The van der Waals surface area contributed by atoms with Crippen LogP contribution in [0.5, 0.6) is 11.5 Å². The van der Waals surface area contributed by atoms with Crippen LogP contribution in [0, 0.1) is 11.6 Å². The lowest BCUT2D eigenvalue weighted by Crippen LogP contribution is -2.38. The predicted molar refractivity (Wildman–Crippen MR) is 102 cm³/mol. The van der Waals surface area contributed by atoms with Crippen LogP contribution in [-0.2, 0) is 4.74 Å². The van der Waals surface area contributed by atoms with Gasteiger partial charge in [0.1, 0.15) is 11.4 Å². The highest BCUT2D eigenvalue weighted by Crippen LogP contribution is 2.36. The summed E-state index contributed by atoms with van der Waals surface area (Å²) in [6.07, 6.45) is 3.81. The summed E-state index contributed by atoms with van der Waals surface area (Å²) in [6, 6.07) is 2.81. The fourth-order valence-electron chi connectivity index (χ4n) is 2.91. The number of pyridine rings is 1. The number of aromatic amines is 1. The van der Waals surface area contributed by atoms with Crippen molar-refractivity contribution in [2.45, 2.75) is 12.5 Å². The molecule has 3 aromatic rings. The van der Waals surface area contributed by atoms with Crippen molar-refractivity contribution in [3.05, 3.63) is 46.7 Å². The Morgan fingerprint density at radius 2 is 2.14 bits per heavy atom. The van der Waals surface area contributed by atoms with E-state index in [-0.39, 0.29) is 17.5 Å². The van der Waals surface area contributed by atoms with Gasteiger partial charge in [-0.3, -0.25) is 0 Å². The second-order valence-corrected chi connectivity index (χ2v) is 7.05. The Bertz CT molecular complexity index is 1010. The fourth-order valence-corrected chi connectivity index (χ4v) is 3.41. The zero-order valence-electron chi connectivity index (χ0n) is 14.4. The standard InChI is InChI=1S/C18H15BrF2N4O3/c19-11-7-23-17-15(11)14(1-3-22-17)28-16-12(20)5-10(6-13(16)21)25-18(26)24-9-2-4-27-8-9/h1,3,5-7,9H,2,4,8H2,(H,22,23)(H2,24,25,26). The van der Waals surface area contributed by atoms with Gasteiger partial charge in [0.15, 0.2) is 17.4 Å². The predicted octanol–water partition coefficient (Wildman–Crippen LogP) is 4.31. The number of carbonyl (C=O) groups excluding carboxylic acids is 1. The number of nitrogens with one attached hydrogen (secondary N) is 3. The number of halogens is 3. The molecule has 146 valence electrons. The number of hydrogen-bond donors (Lipinski definition) is 3. The quantitative estimate of drug-likeness (QED) is 0.550. The minimum Gasteiger partial charge on any atom is -0.450 e. The Kier molecular flexibility index (Phi) is 5.14. The average molecular weight is 453 g/mol. The number of fused-ring (bicyclic) bond motifs is 1. The van der Waals surface area contributed by atoms with Crippen molar-refractivity contribution in [2.75, 3.05) is 18.5 Å². The summed E-state index contributed by atoms with van der Waals surface area (Å²) < 4.78 is 40.3. The van der Waals surface area contributed by atoms with Crippen LogP contribution in [0.3, 0.4) is 0 Å². The molecule has 1 unspecified atom stereocenters. The van der Waals surface area contributed by atoms with Gasteiger partial charge in [-0.05, 0) is 28.4 Å². The zero-order chi connectivity index (χ0) is 19.7. The maximum absolute atomic E-state index is 14.5. The van der Waals surface area contributed by atoms with Gasteiger partial charge in [-0.15, -0.1) is 0 Å². The molecule has 7 nitrogen and oxygen atoms in total. The van der Waals surface area contributed by atoms with E-state index in [9.17, 15) is 13.6 Å². The Labute approximate surface area is 166 Å². The van der Waals surface area contributed by atoms with E-state index in [1.165, 1.54) is 12.3 Å². The van der Waals surface area contributed by atoms with Crippen molar-refractivity contribution in [1.82, 2.24) is 15.3 Å². The highest BCUT2D eigenvalue weighted by atomic mass is 79.9. The molecule has 1 aromatic carbocycles. The summed E-state index contributed by atoms with van der Waals surface area (Å²) in [5.74, 6) is -2.24. The van der Waals surface area contributed by atoms with Gasteiger partial charge in [-0.1, -0.05) is 0 Å². The van der Waals surface area contributed by atoms with E-state index in [0.29, 0.717) is 35.1 Å². The van der Waals surface area contributed by atoms with Crippen LogP contribution in [0.15, 0.2) is 35.1 Å². The summed E-state index contributed by atoms with van der Waals surface area (Å²) in [5.41, 5.74) is 0.484. The van der Waals surface area contributed by atoms with Crippen molar-refractivity contribution >= 4 is 38.7 Å². The number of hydrogen-bond acceptors (Lipinski definition) is 4. The first-order valence-electron chi connectivity index (χ1n) is 8.45. The van der Waals surface area contributed by atoms with Gasteiger partial charge in [-0.2, -0.15) is 0 Å². The van der Waals surface area contributed by atoms with Crippen LogP contribution in [0.25, 0.3) is 11.0 Å². The van der Waals surface area contributed by atoms with Crippen LogP contribution in [0.1, 0.15) is 6.42 Å². The van der Waals surface area contributed by atoms with E-state index in [1.807, 2.05) is 0 Å². The van der Waals surface area contributed by atoms with E-state index < -0.39 is 23.4 Å². The second-order valence-electron chi connectivity index (χ2n) is 6.20. The van der Waals surface area contributed by atoms with Crippen LogP contribution in [0.2, 0.25) is 0 Å². The minimum atomic E-state index is -0.948. The van der Waals surface area contributed by atoms with Crippen molar-refractivity contribution in [3.8, 4) is 11.5 Å². The van der Waals surface area contributed by atoms with Crippen LogP contribution < -0.4 is 15.4 Å². The van der Waals surface area contributed by atoms with Crippen molar-refractivity contribution < 1.29 is 23.0 Å². The number of rotatable bonds is 4. The van der Waals surface area contributed by atoms with Crippen molar-refractivity contribution in [3.63, 3.8) is 0 Å². The maximum Gasteiger partial charge on any atom is 0.319 e. The lowest BCUT2D eigenvalue weighted by molar-refractivity contribution is 0.189. The van der Waals surface area contributed by atoms with Crippen LogP contribution in [-0.4, -0.2) is 35.3 Å². The first kappa shape index (κ1) is 18.6.